The van der Waals surface area contributed by atoms with Gasteiger partial charge >= 0.3 is 0 Å². The number of carbonyl (C=O) groups is 2. The summed E-state index contributed by atoms with van der Waals surface area (Å²) in [5.41, 5.74) is 4.29. The molecule has 0 N–H and O–H groups in total. The predicted molar refractivity (Wildman–Crippen MR) is 125 cm³/mol. The number of ketones is 1. The SMILES string of the molecule is O=C(COc1ccc2c(c1)CN(C1CCCC1)C2=O)c1cccc(-c2ccc(Cl)cc2)c1. The highest BCUT2D eigenvalue weighted by atomic mass is 35.5. The van der Waals surface area contributed by atoms with E-state index < -0.39 is 0 Å². The van der Waals surface area contributed by atoms with Crippen LogP contribution in [-0.2, 0) is 6.54 Å². The van der Waals surface area contributed by atoms with Crippen LogP contribution in [0.3, 0.4) is 0 Å². The van der Waals surface area contributed by atoms with Gasteiger partial charge in [-0.15, -0.1) is 0 Å². The van der Waals surface area contributed by atoms with Crippen molar-refractivity contribution < 1.29 is 14.3 Å². The first-order valence-corrected chi connectivity index (χ1v) is 11.4. The summed E-state index contributed by atoms with van der Waals surface area (Å²) in [6, 6.07) is 20.9. The maximum atomic E-state index is 12.8. The summed E-state index contributed by atoms with van der Waals surface area (Å²) in [5, 5.41) is 0.678. The van der Waals surface area contributed by atoms with Crippen LogP contribution in [-0.4, -0.2) is 29.2 Å². The minimum atomic E-state index is -0.0926. The molecule has 4 nitrogen and oxygen atoms in total. The van der Waals surface area contributed by atoms with Gasteiger partial charge in [-0.25, -0.2) is 0 Å². The highest BCUT2D eigenvalue weighted by molar-refractivity contribution is 6.30. The summed E-state index contributed by atoms with van der Waals surface area (Å²) >= 11 is 5.97. The number of hydrogen-bond donors (Lipinski definition) is 0. The summed E-state index contributed by atoms with van der Waals surface area (Å²) < 4.78 is 5.81. The van der Waals surface area contributed by atoms with E-state index in [4.69, 9.17) is 16.3 Å². The molecule has 2 aliphatic rings. The second-order valence-corrected chi connectivity index (χ2v) is 8.93. The van der Waals surface area contributed by atoms with Gasteiger partial charge in [-0.2, -0.15) is 0 Å². The Labute approximate surface area is 192 Å². The molecule has 1 fully saturated rings. The highest BCUT2D eigenvalue weighted by Crippen LogP contribution is 2.33. The lowest BCUT2D eigenvalue weighted by Gasteiger charge is -2.23. The lowest BCUT2D eigenvalue weighted by Crippen LogP contribution is -2.33. The number of ether oxygens (including phenoxy) is 1. The van der Waals surface area contributed by atoms with Gasteiger partial charge in [0.2, 0.25) is 0 Å². The van der Waals surface area contributed by atoms with E-state index in [1.165, 1.54) is 12.8 Å². The Morgan fingerprint density at radius 1 is 0.969 bits per heavy atom. The second kappa shape index (κ2) is 8.79. The smallest absolute Gasteiger partial charge is 0.254 e. The summed E-state index contributed by atoms with van der Waals surface area (Å²) in [6.45, 7) is 0.580. The van der Waals surface area contributed by atoms with Gasteiger partial charge in [0.1, 0.15) is 5.75 Å². The number of amides is 1. The van der Waals surface area contributed by atoms with E-state index in [9.17, 15) is 9.59 Å². The fraction of sp³-hybridized carbons (Fsp3) is 0.259. The van der Waals surface area contributed by atoms with Crippen LogP contribution in [0.15, 0.2) is 66.7 Å². The van der Waals surface area contributed by atoms with Crippen LogP contribution in [0.2, 0.25) is 5.02 Å². The van der Waals surface area contributed by atoms with Crippen molar-refractivity contribution in [2.75, 3.05) is 6.61 Å². The van der Waals surface area contributed by atoms with E-state index in [2.05, 4.69) is 0 Å². The largest absolute Gasteiger partial charge is 0.485 e. The average molecular weight is 446 g/mol. The van der Waals surface area contributed by atoms with Gasteiger partial charge in [-0.3, -0.25) is 9.59 Å². The van der Waals surface area contributed by atoms with E-state index >= 15 is 0 Å². The Hall–Kier alpha value is -3.11. The van der Waals surface area contributed by atoms with Crippen LogP contribution in [0.1, 0.15) is 52.0 Å². The summed E-state index contributed by atoms with van der Waals surface area (Å²) in [7, 11) is 0. The summed E-state index contributed by atoms with van der Waals surface area (Å²) in [6.07, 6.45) is 4.57. The molecule has 0 atom stereocenters. The van der Waals surface area contributed by atoms with Crippen molar-refractivity contribution in [2.45, 2.75) is 38.3 Å². The monoisotopic (exact) mass is 445 g/mol. The number of halogens is 1. The van der Waals surface area contributed by atoms with E-state index in [1.54, 1.807) is 12.1 Å². The van der Waals surface area contributed by atoms with Crippen molar-refractivity contribution in [3.05, 3.63) is 88.4 Å². The molecule has 0 saturated heterocycles. The standard InChI is InChI=1S/C27H24ClNO3/c28-22-10-8-18(9-11-22)19-4-3-5-20(14-19)26(30)17-32-24-12-13-25-21(15-24)16-29(27(25)31)23-6-1-2-7-23/h3-5,8-15,23H,1-2,6-7,16-17H2. The number of nitrogens with zero attached hydrogens (tertiary/aromatic N) is 1. The van der Waals surface area contributed by atoms with Crippen molar-refractivity contribution in [1.29, 1.82) is 0 Å². The minimum absolute atomic E-state index is 0.0524. The maximum absolute atomic E-state index is 12.8. The van der Waals surface area contributed by atoms with Crippen molar-refractivity contribution >= 4 is 23.3 Å². The molecule has 3 aromatic rings. The third-order valence-corrected chi connectivity index (χ3v) is 6.66. The fourth-order valence-electron chi connectivity index (χ4n) is 4.67. The number of Topliss-reactive ketones (excluding diaryl/α,β-unsaturated/α-hetero) is 1. The third-order valence-electron chi connectivity index (χ3n) is 6.41. The van der Waals surface area contributed by atoms with Gasteiger partial charge in [0.05, 0.1) is 0 Å². The summed E-state index contributed by atoms with van der Waals surface area (Å²) in [5.74, 6) is 0.644. The van der Waals surface area contributed by atoms with E-state index in [-0.39, 0.29) is 18.3 Å². The molecular formula is C27H24ClNO3. The molecule has 0 bridgehead atoms. The zero-order valence-electron chi connectivity index (χ0n) is 17.7. The Kier molecular flexibility index (Phi) is 5.71. The van der Waals surface area contributed by atoms with Crippen molar-refractivity contribution in [3.63, 3.8) is 0 Å². The molecule has 1 saturated carbocycles. The lowest BCUT2D eigenvalue weighted by molar-refractivity contribution is 0.0706. The highest BCUT2D eigenvalue weighted by Gasteiger charge is 2.34. The van der Waals surface area contributed by atoms with Crippen LogP contribution >= 0.6 is 11.6 Å². The van der Waals surface area contributed by atoms with Crippen LogP contribution in [0.25, 0.3) is 11.1 Å². The van der Waals surface area contributed by atoms with Gasteiger partial charge in [0.15, 0.2) is 12.4 Å². The van der Waals surface area contributed by atoms with Gasteiger partial charge < -0.3 is 9.64 Å². The minimum Gasteiger partial charge on any atom is -0.485 e. The molecule has 5 heteroatoms. The van der Waals surface area contributed by atoms with E-state index in [0.717, 1.165) is 35.1 Å². The van der Waals surface area contributed by atoms with E-state index in [0.29, 0.717) is 28.9 Å². The third kappa shape index (κ3) is 4.15. The zero-order chi connectivity index (χ0) is 22.1. The molecule has 0 aromatic heterocycles. The number of hydrogen-bond acceptors (Lipinski definition) is 3. The molecule has 0 radical (unpaired) electrons. The Morgan fingerprint density at radius 3 is 2.53 bits per heavy atom. The average Bonchev–Trinajstić information content (AvgIpc) is 3.46. The Morgan fingerprint density at radius 2 is 1.75 bits per heavy atom. The predicted octanol–water partition coefficient (Wildman–Crippen LogP) is 6.17. The van der Waals surface area contributed by atoms with Crippen molar-refractivity contribution in [1.82, 2.24) is 4.90 Å². The van der Waals surface area contributed by atoms with Gasteiger partial charge in [-0.1, -0.05) is 54.8 Å². The number of rotatable bonds is 6. The first-order chi connectivity index (χ1) is 15.6. The topological polar surface area (TPSA) is 46.6 Å². The lowest BCUT2D eigenvalue weighted by atomic mass is 10.0. The fourth-order valence-corrected chi connectivity index (χ4v) is 4.79. The molecule has 3 aromatic carbocycles. The molecule has 1 aliphatic carbocycles. The van der Waals surface area contributed by atoms with E-state index in [1.807, 2.05) is 59.5 Å². The van der Waals surface area contributed by atoms with Crippen molar-refractivity contribution in [3.8, 4) is 16.9 Å². The zero-order valence-corrected chi connectivity index (χ0v) is 18.5. The normalized spacial score (nSPS) is 15.8. The van der Waals surface area contributed by atoms with Crippen LogP contribution < -0.4 is 4.74 Å². The molecule has 5 rings (SSSR count). The molecule has 162 valence electrons. The van der Waals surface area contributed by atoms with Gasteiger partial charge in [-0.05, 0) is 65.9 Å². The first kappa shape index (κ1) is 20.8. The molecule has 0 unspecified atom stereocenters. The molecule has 0 spiro atoms. The molecule has 1 heterocycles. The molecular weight excluding hydrogens is 422 g/mol. The van der Waals surface area contributed by atoms with Crippen molar-refractivity contribution in [2.24, 2.45) is 0 Å². The van der Waals surface area contributed by atoms with Crippen LogP contribution in [0, 0.1) is 0 Å². The number of benzene rings is 3. The van der Waals surface area contributed by atoms with Crippen LogP contribution in [0.5, 0.6) is 5.75 Å². The quantitative estimate of drug-likeness (QED) is 0.426. The number of carbonyl (C=O) groups excluding carboxylic acids is 2. The van der Waals surface area contributed by atoms with Crippen LogP contribution in [0.4, 0.5) is 0 Å². The van der Waals surface area contributed by atoms with Gasteiger partial charge in [0, 0.05) is 28.7 Å². The van der Waals surface area contributed by atoms with Gasteiger partial charge in [0.25, 0.3) is 5.91 Å². The Bertz CT molecular complexity index is 1170. The first-order valence-electron chi connectivity index (χ1n) is 11.0. The molecule has 1 aliphatic heterocycles. The Balaban J connectivity index is 1.25. The maximum Gasteiger partial charge on any atom is 0.254 e. The second-order valence-electron chi connectivity index (χ2n) is 8.49. The molecule has 1 amide bonds. The number of fused-ring (bicyclic) bond motifs is 1. The molecule has 32 heavy (non-hydrogen) atoms. The summed E-state index contributed by atoms with van der Waals surface area (Å²) in [4.78, 5) is 27.5.